The summed E-state index contributed by atoms with van der Waals surface area (Å²) in [6, 6.07) is 6.25. The van der Waals surface area contributed by atoms with Gasteiger partial charge >= 0.3 is 6.36 Å². The Balaban J connectivity index is 1.52. The molecule has 172 valence electrons. The van der Waals surface area contributed by atoms with Crippen LogP contribution in [0.2, 0.25) is 0 Å². The quantitative estimate of drug-likeness (QED) is 0.337. The van der Waals surface area contributed by atoms with Crippen molar-refractivity contribution in [3.8, 4) is 5.75 Å². The highest BCUT2D eigenvalue weighted by atomic mass is 19.4. The molecule has 6 heteroatoms. The lowest BCUT2D eigenvalue weighted by Gasteiger charge is -2.31. The van der Waals surface area contributed by atoms with Gasteiger partial charge in [0.25, 0.3) is 0 Å². The molecule has 2 atom stereocenters. The second-order valence-electron chi connectivity index (χ2n) is 8.86. The van der Waals surface area contributed by atoms with Crippen molar-refractivity contribution in [3.63, 3.8) is 0 Å². The van der Waals surface area contributed by atoms with Crippen molar-refractivity contribution < 1.29 is 26.7 Å². The lowest BCUT2D eigenvalue weighted by atomic mass is 9.74. The van der Waals surface area contributed by atoms with Crippen LogP contribution in [0.25, 0.3) is 0 Å². The van der Waals surface area contributed by atoms with Gasteiger partial charge in [0.1, 0.15) is 0 Å². The Labute approximate surface area is 185 Å². The van der Waals surface area contributed by atoms with E-state index in [4.69, 9.17) is 0 Å². The maximum absolute atomic E-state index is 14.2. The SMILES string of the molecule is CCCC=C[C@H]1CCc2c(ccc3c2CC[C@H](c2cc(F)c(OC(F)(F)F)c(F)c2)C3)C1. The van der Waals surface area contributed by atoms with Gasteiger partial charge in [-0.3, -0.25) is 0 Å². The molecule has 0 amide bonds. The minimum Gasteiger partial charge on any atom is -0.399 e. The number of unbranched alkanes of at least 4 members (excludes halogenated alkanes) is 1. The average Bonchev–Trinajstić information content (AvgIpc) is 2.75. The van der Waals surface area contributed by atoms with Gasteiger partial charge in [-0.15, -0.1) is 13.2 Å². The van der Waals surface area contributed by atoms with Crippen molar-refractivity contribution >= 4 is 0 Å². The van der Waals surface area contributed by atoms with E-state index in [-0.39, 0.29) is 5.92 Å². The molecule has 0 radical (unpaired) electrons. The van der Waals surface area contributed by atoms with Crippen molar-refractivity contribution in [2.75, 3.05) is 0 Å². The van der Waals surface area contributed by atoms with Crippen LogP contribution in [-0.2, 0) is 25.7 Å². The molecule has 32 heavy (non-hydrogen) atoms. The van der Waals surface area contributed by atoms with Crippen molar-refractivity contribution in [2.24, 2.45) is 5.92 Å². The molecule has 4 rings (SSSR count). The van der Waals surface area contributed by atoms with Gasteiger partial charge in [0.05, 0.1) is 0 Å². The second-order valence-corrected chi connectivity index (χ2v) is 8.86. The molecule has 2 aromatic carbocycles. The zero-order valence-electron chi connectivity index (χ0n) is 18.1. The van der Waals surface area contributed by atoms with E-state index >= 15 is 0 Å². The Bertz CT molecular complexity index is 985. The first-order valence-electron chi connectivity index (χ1n) is 11.3. The molecule has 0 bridgehead atoms. The van der Waals surface area contributed by atoms with Gasteiger partial charge in [0.2, 0.25) is 5.75 Å². The molecule has 2 aromatic rings. The molecule has 0 heterocycles. The zero-order chi connectivity index (χ0) is 22.9. The van der Waals surface area contributed by atoms with Gasteiger partial charge in [-0.25, -0.2) is 8.78 Å². The molecule has 0 spiro atoms. The molecule has 0 unspecified atom stereocenters. The standard InChI is InChI=1S/C26H27F5O/c1-2-3-4-5-16-6-10-21-18(12-16)7-8-19-13-17(9-11-22(19)21)20-14-23(27)25(24(28)15-20)32-26(29,30)31/h4-5,7-8,14-17H,2-3,6,9-13H2,1H3/t16-,17-/m0/s1. The Morgan fingerprint density at radius 1 is 0.969 bits per heavy atom. The zero-order valence-corrected chi connectivity index (χ0v) is 18.1. The number of alkyl halides is 3. The summed E-state index contributed by atoms with van der Waals surface area (Å²) in [4.78, 5) is 0. The molecule has 0 saturated heterocycles. The molecule has 0 fully saturated rings. The molecule has 0 aromatic heterocycles. The van der Waals surface area contributed by atoms with Crippen LogP contribution in [0.15, 0.2) is 36.4 Å². The first-order valence-corrected chi connectivity index (χ1v) is 11.3. The molecule has 2 aliphatic carbocycles. The fourth-order valence-electron chi connectivity index (χ4n) is 5.13. The van der Waals surface area contributed by atoms with E-state index in [1.54, 1.807) is 0 Å². The normalized spacial score (nSPS) is 20.8. The molecule has 1 nitrogen and oxygen atoms in total. The lowest BCUT2D eigenvalue weighted by molar-refractivity contribution is -0.276. The molecule has 0 aliphatic heterocycles. The summed E-state index contributed by atoms with van der Waals surface area (Å²) < 4.78 is 69.1. The third-order valence-corrected chi connectivity index (χ3v) is 6.65. The van der Waals surface area contributed by atoms with Gasteiger partial charge in [-0.05, 0) is 96.7 Å². The van der Waals surface area contributed by atoms with Crippen LogP contribution in [0.4, 0.5) is 22.0 Å². The van der Waals surface area contributed by atoms with Crippen LogP contribution in [0.1, 0.15) is 66.3 Å². The number of halogens is 5. The molecule has 0 saturated carbocycles. The number of rotatable bonds is 5. The minimum atomic E-state index is -5.14. The van der Waals surface area contributed by atoms with Crippen LogP contribution >= 0.6 is 0 Å². The number of hydrogen-bond donors (Lipinski definition) is 0. The van der Waals surface area contributed by atoms with E-state index in [1.807, 2.05) is 0 Å². The number of hydrogen-bond acceptors (Lipinski definition) is 1. The number of allylic oxidation sites excluding steroid dienone is 2. The van der Waals surface area contributed by atoms with Crippen LogP contribution in [0.5, 0.6) is 5.75 Å². The summed E-state index contributed by atoms with van der Waals surface area (Å²) in [5.74, 6) is -3.61. The molecular weight excluding hydrogens is 423 g/mol. The van der Waals surface area contributed by atoms with Crippen LogP contribution in [0.3, 0.4) is 0 Å². The Morgan fingerprint density at radius 2 is 1.59 bits per heavy atom. The summed E-state index contributed by atoms with van der Waals surface area (Å²) in [5.41, 5.74) is 5.72. The van der Waals surface area contributed by atoms with Gasteiger partial charge in [-0.1, -0.05) is 37.6 Å². The highest BCUT2D eigenvalue weighted by molar-refractivity contribution is 5.46. The Kier molecular flexibility index (Phi) is 6.59. The van der Waals surface area contributed by atoms with Crippen LogP contribution in [-0.4, -0.2) is 6.36 Å². The summed E-state index contributed by atoms with van der Waals surface area (Å²) >= 11 is 0. The third-order valence-electron chi connectivity index (χ3n) is 6.65. The highest BCUT2D eigenvalue weighted by Crippen LogP contribution is 2.40. The summed E-state index contributed by atoms with van der Waals surface area (Å²) in [5, 5.41) is 0. The first kappa shape index (κ1) is 22.8. The Hall–Kier alpha value is -2.37. The fraction of sp³-hybridized carbons (Fsp3) is 0.462. The van der Waals surface area contributed by atoms with E-state index < -0.39 is 23.7 Å². The van der Waals surface area contributed by atoms with Gasteiger partial charge in [0, 0.05) is 0 Å². The monoisotopic (exact) mass is 450 g/mol. The smallest absolute Gasteiger partial charge is 0.399 e. The average molecular weight is 450 g/mol. The first-order chi connectivity index (χ1) is 15.2. The van der Waals surface area contributed by atoms with E-state index in [0.717, 1.165) is 50.7 Å². The fourth-order valence-corrected chi connectivity index (χ4v) is 5.13. The summed E-state index contributed by atoms with van der Waals surface area (Å²) in [6.07, 6.45) is 7.10. The maximum Gasteiger partial charge on any atom is 0.573 e. The number of benzene rings is 2. The predicted octanol–water partition coefficient (Wildman–Crippen LogP) is 7.60. The topological polar surface area (TPSA) is 9.23 Å². The minimum absolute atomic E-state index is 0.141. The molecule has 2 aliphatic rings. The summed E-state index contributed by atoms with van der Waals surface area (Å²) in [7, 11) is 0. The predicted molar refractivity (Wildman–Crippen MR) is 114 cm³/mol. The third kappa shape index (κ3) is 5.00. The van der Waals surface area contributed by atoms with Crippen LogP contribution < -0.4 is 4.74 Å². The summed E-state index contributed by atoms with van der Waals surface area (Å²) in [6.45, 7) is 2.17. The van der Waals surface area contributed by atoms with Crippen LogP contribution in [0, 0.1) is 17.6 Å². The van der Waals surface area contributed by atoms with E-state index in [0.29, 0.717) is 24.3 Å². The Morgan fingerprint density at radius 3 is 2.22 bits per heavy atom. The van der Waals surface area contributed by atoms with Crippen molar-refractivity contribution in [1.29, 1.82) is 0 Å². The van der Waals surface area contributed by atoms with Crippen molar-refractivity contribution in [1.82, 2.24) is 0 Å². The maximum atomic E-state index is 14.2. The molecular formula is C26H27F5O. The second kappa shape index (κ2) is 9.24. The van der Waals surface area contributed by atoms with Gasteiger partial charge in [0.15, 0.2) is 11.6 Å². The number of fused-ring (bicyclic) bond motifs is 3. The van der Waals surface area contributed by atoms with Crippen molar-refractivity contribution in [3.05, 3.63) is 75.9 Å². The number of ether oxygens (including phenoxy) is 1. The van der Waals surface area contributed by atoms with E-state index in [9.17, 15) is 22.0 Å². The van der Waals surface area contributed by atoms with Gasteiger partial charge in [-0.2, -0.15) is 0 Å². The highest BCUT2D eigenvalue weighted by Gasteiger charge is 2.35. The van der Waals surface area contributed by atoms with Crippen molar-refractivity contribution in [2.45, 2.75) is 70.6 Å². The lowest BCUT2D eigenvalue weighted by Crippen LogP contribution is -2.21. The van der Waals surface area contributed by atoms with E-state index in [2.05, 4.69) is 35.9 Å². The molecule has 0 N–H and O–H groups in total. The van der Waals surface area contributed by atoms with Gasteiger partial charge < -0.3 is 4.74 Å². The van der Waals surface area contributed by atoms with E-state index in [1.165, 1.54) is 22.3 Å². The largest absolute Gasteiger partial charge is 0.573 e.